The van der Waals surface area contributed by atoms with Gasteiger partial charge in [-0.2, -0.15) is 0 Å². The first kappa shape index (κ1) is 13.9. The predicted octanol–water partition coefficient (Wildman–Crippen LogP) is 3.35. The molecule has 0 atom stereocenters. The van der Waals surface area contributed by atoms with Crippen LogP contribution < -0.4 is 15.2 Å². The van der Waals surface area contributed by atoms with Crippen LogP contribution in [-0.2, 0) is 13.0 Å². The van der Waals surface area contributed by atoms with Crippen molar-refractivity contribution in [2.75, 3.05) is 0 Å². The van der Waals surface area contributed by atoms with Crippen LogP contribution >= 0.6 is 0 Å². The number of nitrogens with two attached hydrogens (primary N) is 1. The molecule has 0 saturated carbocycles. The van der Waals surface area contributed by atoms with Gasteiger partial charge in [0.2, 0.25) is 5.88 Å². The van der Waals surface area contributed by atoms with Crippen LogP contribution in [0.4, 0.5) is 0 Å². The molecule has 0 unspecified atom stereocenters. The van der Waals surface area contributed by atoms with Crippen LogP contribution in [0.2, 0.25) is 0 Å². The van der Waals surface area contributed by atoms with Crippen molar-refractivity contribution < 1.29 is 9.47 Å². The molecule has 2 heterocycles. The van der Waals surface area contributed by atoms with E-state index >= 15 is 0 Å². The number of hydrogen-bond donors (Lipinski definition) is 1. The van der Waals surface area contributed by atoms with Crippen molar-refractivity contribution in [3.05, 3.63) is 47.2 Å². The van der Waals surface area contributed by atoms with Gasteiger partial charge >= 0.3 is 0 Å². The highest BCUT2D eigenvalue weighted by molar-refractivity contribution is 5.51. The number of pyridine rings is 1. The van der Waals surface area contributed by atoms with Gasteiger partial charge in [0.15, 0.2) is 11.5 Å². The number of hydrogen-bond acceptors (Lipinski definition) is 4. The Kier molecular flexibility index (Phi) is 3.33. The van der Waals surface area contributed by atoms with Gasteiger partial charge in [0.1, 0.15) is 5.60 Å². The van der Waals surface area contributed by atoms with Crippen molar-refractivity contribution in [1.82, 2.24) is 4.98 Å². The first-order valence-electron chi connectivity index (χ1n) is 7.13. The number of rotatable bonds is 3. The minimum absolute atomic E-state index is 0.187. The summed E-state index contributed by atoms with van der Waals surface area (Å²) in [6.07, 6.45) is 2.63. The van der Waals surface area contributed by atoms with E-state index in [4.69, 9.17) is 15.2 Å². The van der Waals surface area contributed by atoms with E-state index in [1.165, 1.54) is 5.56 Å². The second-order valence-corrected chi connectivity index (χ2v) is 6.05. The van der Waals surface area contributed by atoms with Crippen molar-refractivity contribution in [1.29, 1.82) is 0 Å². The maximum absolute atomic E-state index is 6.01. The molecule has 2 aromatic rings. The zero-order valence-corrected chi connectivity index (χ0v) is 12.6. The lowest BCUT2D eigenvalue weighted by Crippen LogP contribution is -2.24. The summed E-state index contributed by atoms with van der Waals surface area (Å²) >= 11 is 0. The quantitative estimate of drug-likeness (QED) is 0.939. The lowest BCUT2D eigenvalue weighted by molar-refractivity contribution is 0.135. The predicted molar refractivity (Wildman–Crippen MR) is 81.8 cm³/mol. The number of nitrogens with zero attached hydrogens (tertiary/aromatic N) is 1. The van der Waals surface area contributed by atoms with Crippen molar-refractivity contribution in [3.63, 3.8) is 0 Å². The van der Waals surface area contributed by atoms with Crippen LogP contribution in [0, 0.1) is 6.92 Å². The Morgan fingerprint density at radius 1 is 1.38 bits per heavy atom. The third-order valence-electron chi connectivity index (χ3n) is 3.58. The summed E-state index contributed by atoms with van der Waals surface area (Å²) in [5.74, 6) is 2.13. The lowest BCUT2D eigenvalue weighted by atomic mass is 10.0. The lowest BCUT2D eigenvalue weighted by Gasteiger charge is -2.18. The maximum Gasteiger partial charge on any atom is 0.222 e. The highest BCUT2D eigenvalue weighted by Crippen LogP contribution is 2.43. The molecule has 3 rings (SSSR count). The number of para-hydroxylation sites is 1. The third kappa shape index (κ3) is 2.72. The van der Waals surface area contributed by atoms with Gasteiger partial charge in [-0.25, -0.2) is 4.98 Å². The van der Waals surface area contributed by atoms with Gasteiger partial charge < -0.3 is 15.2 Å². The summed E-state index contributed by atoms with van der Waals surface area (Å²) in [5, 5.41) is 0. The molecule has 0 radical (unpaired) electrons. The number of benzene rings is 1. The van der Waals surface area contributed by atoms with Crippen LogP contribution in [0.5, 0.6) is 17.4 Å². The topological polar surface area (TPSA) is 57.4 Å². The highest BCUT2D eigenvalue weighted by atomic mass is 16.5. The molecule has 1 aliphatic rings. The Bertz CT molecular complexity index is 680. The van der Waals surface area contributed by atoms with E-state index in [1.807, 2.05) is 25.1 Å². The van der Waals surface area contributed by atoms with Crippen LogP contribution in [0.1, 0.15) is 30.5 Å². The summed E-state index contributed by atoms with van der Waals surface area (Å²) in [4.78, 5) is 4.35. The zero-order chi connectivity index (χ0) is 15.0. The summed E-state index contributed by atoms with van der Waals surface area (Å²) in [6, 6.07) is 7.98. The minimum atomic E-state index is -0.187. The Balaban J connectivity index is 1.92. The van der Waals surface area contributed by atoms with Crippen LogP contribution in [-0.4, -0.2) is 10.6 Å². The van der Waals surface area contributed by atoms with E-state index in [2.05, 4.69) is 24.9 Å². The molecule has 4 nitrogen and oxygen atoms in total. The second-order valence-electron chi connectivity index (χ2n) is 6.05. The van der Waals surface area contributed by atoms with Crippen LogP contribution in [0.25, 0.3) is 0 Å². The Morgan fingerprint density at radius 3 is 2.90 bits per heavy atom. The van der Waals surface area contributed by atoms with E-state index in [9.17, 15) is 0 Å². The van der Waals surface area contributed by atoms with Crippen molar-refractivity contribution in [2.45, 2.75) is 39.3 Å². The normalized spacial score (nSPS) is 15.4. The van der Waals surface area contributed by atoms with E-state index in [-0.39, 0.29) is 5.60 Å². The van der Waals surface area contributed by atoms with Gasteiger partial charge in [-0.3, -0.25) is 0 Å². The number of aryl methyl sites for hydroxylation is 1. The molecule has 1 aliphatic heterocycles. The molecule has 1 aromatic heterocycles. The molecule has 21 heavy (non-hydrogen) atoms. The Morgan fingerprint density at radius 2 is 2.19 bits per heavy atom. The SMILES string of the molecule is Cc1cc(CN)cnc1Oc1cccc2c1OC(C)(C)C2. The Hall–Kier alpha value is -2.07. The average molecular weight is 284 g/mol. The molecule has 0 fully saturated rings. The van der Waals surface area contributed by atoms with Crippen LogP contribution in [0.3, 0.4) is 0 Å². The average Bonchev–Trinajstić information content (AvgIpc) is 2.76. The molecule has 0 bridgehead atoms. The Labute approximate surface area is 124 Å². The first-order valence-corrected chi connectivity index (χ1v) is 7.13. The molecule has 0 aliphatic carbocycles. The second kappa shape index (κ2) is 5.04. The fourth-order valence-electron chi connectivity index (χ4n) is 2.61. The largest absolute Gasteiger partial charge is 0.483 e. The molecule has 0 amide bonds. The molecular weight excluding hydrogens is 264 g/mol. The molecule has 110 valence electrons. The molecule has 0 spiro atoms. The molecular formula is C17H20N2O2. The molecule has 0 saturated heterocycles. The van der Waals surface area contributed by atoms with Crippen LogP contribution in [0.15, 0.2) is 30.5 Å². The van der Waals surface area contributed by atoms with E-state index in [0.29, 0.717) is 18.2 Å². The van der Waals surface area contributed by atoms with E-state index in [1.54, 1.807) is 6.20 Å². The number of fused-ring (bicyclic) bond motifs is 1. The summed E-state index contributed by atoms with van der Waals surface area (Å²) in [7, 11) is 0. The molecule has 2 N–H and O–H groups in total. The van der Waals surface area contributed by atoms with Gasteiger partial charge in [0.05, 0.1) is 0 Å². The fourth-order valence-corrected chi connectivity index (χ4v) is 2.61. The summed E-state index contributed by atoms with van der Waals surface area (Å²) in [5.41, 5.74) is 8.57. The fraction of sp³-hybridized carbons (Fsp3) is 0.353. The zero-order valence-electron chi connectivity index (χ0n) is 12.6. The van der Waals surface area contributed by atoms with Crippen molar-refractivity contribution in [3.8, 4) is 17.4 Å². The number of aromatic nitrogens is 1. The summed E-state index contributed by atoms with van der Waals surface area (Å²) in [6.45, 7) is 6.61. The van der Waals surface area contributed by atoms with Gasteiger partial charge in [0, 0.05) is 30.3 Å². The molecule has 1 aromatic carbocycles. The minimum Gasteiger partial charge on any atom is -0.483 e. The highest BCUT2D eigenvalue weighted by Gasteiger charge is 2.32. The van der Waals surface area contributed by atoms with E-state index in [0.717, 1.165) is 23.3 Å². The van der Waals surface area contributed by atoms with Gasteiger partial charge in [-0.05, 0) is 38.5 Å². The first-order chi connectivity index (χ1) is 9.98. The standard InChI is InChI=1S/C17H20N2O2/c1-11-7-12(9-18)10-19-16(11)20-14-6-4-5-13-8-17(2,3)21-15(13)14/h4-7,10H,8-9,18H2,1-3H3. The van der Waals surface area contributed by atoms with Gasteiger partial charge in [0.25, 0.3) is 0 Å². The van der Waals surface area contributed by atoms with Gasteiger partial charge in [-0.15, -0.1) is 0 Å². The third-order valence-corrected chi connectivity index (χ3v) is 3.58. The monoisotopic (exact) mass is 284 g/mol. The maximum atomic E-state index is 6.01. The summed E-state index contributed by atoms with van der Waals surface area (Å²) < 4.78 is 12.0. The number of ether oxygens (including phenoxy) is 2. The van der Waals surface area contributed by atoms with Crippen molar-refractivity contribution in [2.24, 2.45) is 5.73 Å². The van der Waals surface area contributed by atoms with E-state index < -0.39 is 0 Å². The molecule has 4 heteroatoms. The van der Waals surface area contributed by atoms with Crippen molar-refractivity contribution >= 4 is 0 Å². The smallest absolute Gasteiger partial charge is 0.222 e. The van der Waals surface area contributed by atoms with Gasteiger partial charge in [-0.1, -0.05) is 12.1 Å².